The lowest BCUT2D eigenvalue weighted by Gasteiger charge is -2.42. The molecule has 0 saturated carbocycles. The number of methoxy groups -OCH3 is 1. The molecule has 2 saturated heterocycles. The van der Waals surface area contributed by atoms with Crippen molar-refractivity contribution in [1.29, 1.82) is 0 Å². The number of phenols is 1. The zero-order valence-corrected chi connectivity index (χ0v) is 13.2. The molecule has 4 atom stereocenters. The van der Waals surface area contributed by atoms with E-state index in [1.54, 1.807) is 12.1 Å². The second-order valence-corrected chi connectivity index (χ2v) is 5.95. The molecule has 1 aromatic carbocycles. The van der Waals surface area contributed by atoms with Crippen molar-refractivity contribution in [2.45, 2.75) is 37.3 Å². The Morgan fingerprint density at radius 2 is 2.14 bits per heavy atom. The topological polar surface area (TPSA) is 49.8 Å². The molecule has 4 nitrogen and oxygen atoms in total. The molecule has 3 rings (SSSR count). The van der Waals surface area contributed by atoms with Crippen LogP contribution in [-0.2, 0) is 9.53 Å². The van der Waals surface area contributed by atoms with Crippen LogP contribution in [0.3, 0.4) is 0 Å². The maximum absolute atomic E-state index is 12.2. The van der Waals surface area contributed by atoms with Crippen molar-refractivity contribution in [3.8, 4) is 5.75 Å². The number of hydrogen-bond donors (Lipinski definition) is 1. The number of ether oxygens (including phenoxy) is 1. The summed E-state index contributed by atoms with van der Waals surface area (Å²) in [6.07, 6.45) is 3.10. The molecule has 1 N–H and O–H groups in total. The molecule has 116 valence electrons. The van der Waals surface area contributed by atoms with E-state index in [9.17, 15) is 9.90 Å². The second kappa shape index (κ2) is 6.24. The number of aromatic hydroxyl groups is 1. The molecule has 21 heavy (non-hydrogen) atoms. The van der Waals surface area contributed by atoms with Gasteiger partial charge in [0, 0.05) is 18.0 Å². The number of hydrogen-bond acceptors (Lipinski definition) is 4. The average molecular weight is 312 g/mol. The molecule has 0 unspecified atom stereocenters. The van der Waals surface area contributed by atoms with Gasteiger partial charge in [-0.25, -0.2) is 0 Å². The third-order valence-corrected chi connectivity index (χ3v) is 5.03. The highest BCUT2D eigenvalue weighted by atomic mass is 35.5. The van der Waals surface area contributed by atoms with Crippen LogP contribution in [0.2, 0.25) is 0 Å². The van der Waals surface area contributed by atoms with E-state index in [1.165, 1.54) is 7.11 Å². The smallest absolute Gasteiger partial charge is 0.309 e. The normalized spacial score (nSPS) is 31.5. The summed E-state index contributed by atoms with van der Waals surface area (Å²) in [6, 6.07) is 8.15. The van der Waals surface area contributed by atoms with Crippen LogP contribution in [0.4, 0.5) is 0 Å². The van der Waals surface area contributed by atoms with Crippen LogP contribution in [0.25, 0.3) is 0 Å². The van der Waals surface area contributed by atoms with Gasteiger partial charge in [-0.2, -0.15) is 0 Å². The molecule has 0 spiro atoms. The van der Waals surface area contributed by atoms with E-state index in [0.717, 1.165) is 24.8 Å². The van der Waals surface area contributed by atoms with Gasteiger partial charge < -0.3 is 9.84 Å². The standard InChI is InChI=1S/C16H21NO3.ClH/c1-17-11-6-7-14(17)15(13(9-11)16(19)20-2)10-4-3-5-12(18)8-10;/h3-5,8,11,13-15,18H,6-7,9H2,1-2H3;1H/t11-,13+,14-,15+;/m1./s1. The summed E-state index contributed by atoms with van der Waals surface area (Å²) in [7, 11) is 3.60. The summed E-state index contributed by atoms with van der Waals surface area (Å²) in [4.78, 5) is 14.6. The summed E-state index contributed by atoms with van der Waals surface area (Å²) < 4.78 is 5.01. The van der Waals surface area contributed by atoms with E-state index in [4.69, 9.17) is 4.74 Å². The molecule has 0 amide bonds. The van der Waals surface area contributed by atoms with E-state index in [2.05, 4.69) is 11.9 Å². The summed E-state index contributed by atoms with van der Waals surface area (Å²) in [5.74, 6) is 0.144. The first-order valence-corrected chi connectivity index (χ1v) is 7.20. The Hall–Kier alpha value is -1.26. The number of piperidine rings is 1. The van der Waals surface area contributed by atoms with Gasteiger partial charge in [0.05, 0.1) is 13.0 Å². The van der Waals surface area contributed by atoms with Gasteiger partial charge in [0.25, 0.3) is 0 Å². The SMILES string of the molecule is COC(=O)[C@H]1C[C@H]2CC[C@H]([C@H]1c1cccc(O)c1)N2C.Cl. The largest absolute Gasteiger partial charge is 0.508 e. The minimum Gasteiger partial charge on any atom is -0.508 e. The Morgan fingerprint density at radius 1 is 1.38 bits per heavy atom. The van der Waals surface area contributed by atoms with E-state index in [-0.39, 0.29) is 36.0 Å². The van der Waals surface area contributed by atoms with Gasteiger partial charge in [-0.1, -0.05) is 12.1 Å². The van der Waals surface area contributed by atoms with Crippen molar-refractivity contribution >= 4 is 18.4 Å². The van der Waals surface area contributed by atoms with E-state index >= 15 is 0 Å². The zero-order valence-electron chi connectivity index (χ0n) is 12.4. The third-order valence-electron chi connectivity index (χ3n) is 5.03. The van der Waals surface area contributed by atoms with Gasteiger partial charge in [0.2, 0.25) is 0 Å². The van der Waals surface area contributed by atoms with Crippen LogP contribution in [0.1, 0.15) is 30.7 Å². The predicted octanol–water partition coefficient (Wildman–Crippen LogP) is 2.55. The fourth-order valence-corrected chi connectivity index (χ4v) is 4.05. The maximum Gasteiger partial charge on any atom is 0.309 e. The molecule has 2 aliphatic rings. The van der Waals surface area contributed by atoms with E-state index in [1.807, 2.05) is 12.1 Å². The Morgan fingerprint density at radius 3 is 2.81 bits per heavy atom. The van der Waals surface area contributed by atoms with Gasteiger partial charge in [-0.05, 0) is 44.0 Å². The number of esters is 1. The van der Waals surface area contributed by atoms with Crippen molar-refractivity contribution in [1.82, 2.24) is 4.90 Å². The highest BCUT2D eigenvalue weighted by Crippen LogP contribution is 2.47. The van der Waals surface area contributed by atoms with Gasteiger partial charge in [-0.15, -0.1) is 12.4 Å². The number of halogens is 1. The van der Waals surface area contributed by atoms with Gasteiger partial charge in [0.15, 0.2) is 0 Å². The van der Waals surface area contributed by atoms with E-state index < -0.39 is 0 Å². The summed E-state index contributed by atoms with van der Waals surface area (Å²) in [5, 5.41) is 9.73. The Bertz CT molecular complexity index is 522. The van der Waals surface area contributed by atoms with Crippen LogP contribution < -0.4 is 0 Å². The monoisotopic (exact) mass is 311 g/mol. The highest BCUT2D eigenvalue weighted by Gasteiger charge is 2.49. The molecule has 2 heterocycles. The molecule has 0 aromatic heterocycles. The predicted molar refractivity (Wildman–Crippen MR) is 82.8 cm³/mol. The van der Waals surface area contributed by atoms with Crippen LogP contribution >= 0.6 is 12.4 Å². The minimum absolute atomic E-state index is 0. The number of phenolic OH excluding ortho intramolecular Hbond substituents is 1. The first-order valence-electron chi connectivity index (χ1n) is 7.20. The van der Waals surface area contributed by atoms with Crippen LogP contribution in [0.5, 0.6) is 5.75 Å². The maximum atomic E-state index is 12.2. The number of fused-ring (bicyclic) bond motifs is 2. The molecule has 0 radical (unpaired) electrons. The number of carbonyl (C=O) groups is 1. The van der Waals surface area contributed by atoms with Crippen LogP contribution in [-0.4, -0.2) is 42.2 Å². The Kier molecular flexibility index (Phi) is 4.79. The van der Waals surface area contributed by atoms with Gasteiger partial charge >= 0.3 is 5.97 Å². The summed E-state index contributed by atoms with van der Waals surface area (Å²) in [5.41, 5.74) is 1.04. The lowest BCUT2D eigenvalue weighted by Crippen LogP contribution is -2.47. The molecule has 2 aliphatic heterocycles. The third kappa shape index (κ3) is 2.74. The van der Waals surface area contributed by atoms with Crippen molar-refractivity contribution in [3.05, 3.63) is 29.8 Å². The molecule has 5 heteroatoms. The minimum atomic E-state index is -0.122. The van der Waals surface area contributed by atoms with Crippen LogP contribution in [0, 0.1) is 5.92 Å². The van der Waals surface area contributed by atoms with Crippen molar-refractivity contribution in [3.63, 3.8) is 0 Å². The molecule has 1 aromatic rings. The molecular weight excluding hydrogens is 290 g/mol. The van der Waals surface area contributed by atoms with Gasteiger partial charge in [0.1, 0.15) is 5.75 Å². The number of benzene rings is 1. The molecule has 2 bridgehead atoms. The zero-order chi connectivity index (χ0) is 14.3. The first kappa shape index (κ1) is 16.1. The van der Waals surface area contributed by atoms with Crippen molar-refractivity contribution in [2.75, 3.05) is 14.2 Å². The number of rotatable bonds is 2. The Labute approximate surface area is 131 Å². The Balaban J connectivity index is 0.00000161. The first-order chi connectivity index (χ1) is 9.61. The van der Waals surface area contributed by atoms with Crippen molar-refractivity contribution in [2.24, 2.45) is 5.92 Å². The molecule has 2 fully saturated rings. The lowest BCUT2D eigenvalue weighted by molar-refractivity contribution is -0.149. The summed E-state index contributed by atoms with van der Waals surface area (Å²) >= 11 is 0. The lowest BCUT2D eigenvalue weighted by atomic mass is 9.76. The highest BCUT2D eigenvalue weighted by molar-refractivity contribution is 5.85. The fraction of sp³-hybridized carbons (Fsp3) is 0.562. The van der Waals surface area contributed by atoms with E-state index in [0.29, 0.717) is 12.1 Å². The quantitative estimate of drug-likeness (QED) is 0.853. The molecule has 0 aliphatic carbocycles. The summed E-state index contributed by atoms with van der Waals surface area (Å²) in [6.45, 7) is 0. The number of nitrogens with zero attached hydrogens (tertiary/aromatic N) is 1. The second-order valence-electron chi connectivity index (χ2n) is 5.95. The van der Waals surface area contributed by atoms with Crippen molar-refractivity contribution < 1.29 is 14.6 Å². The van der Waals surface area contributed by atoms with Crippen LogP contribution in [0.15, 0.2) is 24.3 Å². The molecular formula is C16H22ClNO3. The number of likely N-dealkylation sites (N-methyl/N-ethyl adjacent to an activating group) is 1. The fourth-order valence-electron chi connectivity index (χ4n) is 4.05. The average Bonchev–Trinajstić information content (AvgIpc) is 2.69. The number of carbonyl (C=O) groups excluding carboxylic acids is 1. The van der Waals surface area contributed by atoms with Gasteiger partial charge in [-0.3, -0.25) is 9.69 Å².